The van der Waals surface area contributed by atoms with Crippen LogP contribution in [-0.4, -0.2) is 34.8 Å². The Bertz CT molecular complexity index is 785. The minimum absolute atomic E-state index is 0.0831. The van der Waals surface area contributed by atoms with Crippen molar-refractivity contribution in [3.8, 4) is 6.07 Å². The number of alkyl halides is 2. The molecule has 31 heavy (non-hydrogen) atoms. The Morgan fingerprint density at radius 2 is 1.61 bits per heavy atom. The van der Waals surface area contributed by atoms with Crippen LogP contribution in [0.1, 0.15) is 62.6 Å². The summed E-state index contributed by atoms with van der Waals surface area (Å²) in [5, 5.41) is 7.53. The van der Waals surface area contributed by atoms with Crippen molar-refractivity contribution in [3.05, 3.63) is 71.3 Å². The van der Waals surface area contributed by atoms with Crippen LogP contribution in [0, 0.1) is 11.3 Å². The first-order valence-corrected chi connectivity index (χ1v) is 12.3. The molecule has 0 heterocycles. The van der Waals surface area contributed by atoms with E-state index in [1.165, 1.54) is 43.0 Å². The Hall–Kier alpha value is -1.53. The fourth-order valence-electron chi connectivity index (χ4n) is 4.13. The van der Waals surface area contributed by atoms with Gasteiger partial charge in [-0.15, -0.1) is 23.2 Å². The Morgan fingerprint density at radius 3 is 2.16 bits per heavy atom. The van der Waals surface area contributed by atoms with Crippen molar-refractivity contribution < 1.29 is 0 Å². The monoisotopic (exact) mass is 458 g/mol. The lowest BCUT2D eigenvalue weighted by atomic mass is 9.78. The molecule has 0 aromatic heterocycles. The minimum Gasteiger partial charge on any atom is -0.300 e. The van der Waals surface area contributed by atoms with Gasteiger partial charge >= 0.3 is 0 Å². The standard InChI is InChI=1S/C25H33Cl2N.C2H3N/c1-3-16-28(17-15-20-7-5-4-6-8-20)19(2)9-10-21-11-13-22(14-12-21)23-18-24(26)25(23)27;1-2-3/h4-8,11-14,19,23-25H,3,9-10,15-18H2,1-2H3;1H3. The van der Waals surface area contributed by atoms with Crippen molar-refractivity contribution in [2.24, 2.45) is 0 Å². The van der Waals surface area contributed by atoms with Crippen LogP contribution in [0.2, 0.25) is 0 Å². The van der Waals surface area contributed by atoms with Crippen molar-refractivity contribution in [2.75, 3.05) is 13.1 Å². The second kappa shape index (κ2) is 13.8. The number of hydrogen-bond donors (Lipinski definition) is 0. The van der Waals surface area contributed by atoms with Crippen molar-refractivity contribution in [3.63, 3.8) is 0 Å². The second-order valence-corrected chi connectivity index (χ2v) is 9.49. The largest absolute Gasteiger partial charge is 0.300 e. The number of nitriles is 1. The van der Waals surface area contributed by atoms with Gasteiger partial charge in [-0.3, -0.25) is 0 Å². The number of rotatable bonds is 10. The van der Waals surface area contributed by atoms with E-state index in [0.29, 0.717) is 12.0 Å². The first-order valence-electron chi connectivity index (χ1n) is 11.5. The molecule has 168 valence electrons. The fraction of sp³-hybridized carbons (Fsp3) is 0.519. The number of hydrogen-bond acceptors (Lipinski definition) is 2. The molecule has 4 atom stereocenters. The summed E-state index contributed by atoms with van der Waals surface area (Å²) in [6, 6.07) is 22.2. The molecule has 0 bridgehead atoms. The summed E-state index contributed by atoms with van der Waals surface area (Å²) in [6.07, 6.45) is 5.65. The summed E-state index contributed by atoms with van der Waals surface area (Å²) >= 11 is 12.5. The van der Waals surface area contributed by atoms with Gasteiger partial charge in [0.15, 0.2) is 0 Å². The van der Waals surface area contributed by atoms with Crippen LogP contribution in [0.5, 0.6) is 0 Å². The summed E-state index contributed by atoms with van der Waals surface area (Å²) in [5.74, 6) is 0.426. The summed E-state index contributed by atoms with van der Waals surface area (Å²) in [5.41, 5.74) is 4.19. The first kappa shape index (κ1) is 25.7. The van der Waals surface area contributed by atoms with E-state index in [1.54, 1.807) is 6.07 Å². The third kappa shape index (κ3) is 8.15. The highest BCUT2D eigenvalue weighted by atomic mass is 35.5. The van der Waals surface area contributed by atoms with E-state index in [1.807, 2.05) is 0 Å². The van der Waals surface area contributed by atoms with Gasteiger partial charge < -0.3 is 4.90 Å². The molecular formula is C27H36Cl2N2. The van der Waals surface area contributed by atoms with Gasteiger partial charge in [-0.2, -0.15) is 5.26 Å². The van der Waals surface area contributed by atoms with Crippen LogP contribution in [0.15, 0.2) is 54.6 Å². The quantitative estimate of drug-likeness (QED) is 0.352. The molecule has 2 aromatic carbocycles. The molecule has 3 rings (SSSR count). The van der Waals surface area contributed by atoms with E-state index in [-0.39, 0.29) is 10.8 Å². The molecule has 1 saturated carbocycles. The van der Waals surface area contributed by atoms with Gasteiger partial charge in [0.1, 0.15) is 0 Å². The molecule has 2 nitrogen and oxygen atoms in total. The molecule has 0 radical (unpaired) electrons. The Labute approximate surface area is 199 Å². The molecule has 4 unspecified atom stereocenters. The van der Waals surface area contributed by atoms with Crippen LogP contribution >= 0.6 is 23.2 Å². The van der Waals surface area contributed by atoms with Crippen LogP contribution in [0.3, 0.4) is 0 Å². The molecule has 4 heteroatoms. The summed E-state index contributed by atoms with van der Waals surface area (Å²) in [6.45, 7) is 8.39. The lowest BCUT2D eigenvalue weighted by Gasteiger charge is -2.37. The lowest BCUT2D eigenvalue weighted by Crippen LogP contribution is -2.36. The van der Waals surface area contributed by atoms with Gasteiger partial charge in [-0.05, 0) is 62.3 Å². The van der Waals surface area contributed by atoms with Crippen LogP contribution < -0.4 is 0 Å². The molecule has 0 saturated heterocycles. The SMILES string of the molecule is CC#N.CCCN(CCc1ccccc1)C(C)CCc1ccc(C2CC(Cl)C2Cl)cc1. The van der Waals surface area contributed by atoms with E-state index < -0.39 is 0 Å². The van der Waals surface area contributed by atoms with Crippen LogP contribution in [0.25, 0.3) is 0 Å². The zero-order valence-corrected chi connectivity index (χ0v) is 20.6. The van der Waals surface area contributed by atoms with Crippen molar-refractivity contribution in [1.29, 1.82) is 5.26 Å². The van der Waals surface area contributed by atoms with E-state index in [2.05, 4.69) is 73.3 Å². The maximum absolute atomic E-state index is 7.32. The zero-order chi connectivity index (χ0) is 22.6. The van der Waals surface area contributed by atoms with Gasteiger partial charge in [0, 0.05) is 25.4 Å². The highest BCUT2D eigenvalue weighted by molar-refractivity contribution is 6.31. The Morgan fingerprint density at radius 1 is 1.00 bits per heavy atom. The highest BCUT2D eigenvalue weighted by Crippen LogP contribution is 2.44. The van der Waals surface area contributed by atoms with Gasteiger partial charge in [-0.1, -0.05) is 61.5 Å². The topological polar surface area (TPSA) is 27.0 Å². The average Bonchev–Trinajstić information content (AvgIpc) is 2.80. The lowest BCUT2D eigenvalue weighted by molar-refractivity contribution is 0.202. The molecule has 0 amide bonds. The minimum atomic E-state index is 0.0831. The van der Waals surface area contributed by atoms with E-state index in [9.17, 15) is 0 Å². The molecular weight excluding hydrogens is 423 g/mol. The van der Waals surface area contributed by atoms with Gasteiger partial charge in [-0.25, -0.2) is 0 Å². The third-order valence-corrected chi connectivity index (χ3v) is 7.32. The first-order chi connectivity index (χ1) is 15.0. The summed E-state index contributed by atoms with van der Waals surface area (Å²) in [7, 11) is 0. The normalized spacial score (nSPS) is 20.9. The number of benzene rings is 2. The molecule has 0 spiro atoms. The second-order valence-electron chi connectivity index (χ2n) is 8.43. The number of aryl methyl sites for hydroxylation is 1. The predicted octanol–water partition coefficient (Wildman–Crippen LogP) is 7.19. The third-order valence-electron chi connectivity index (χ3n) is 6.13. The highest BCUT2D eigenvalue weighted by Gasteiger charge is 2.39. The summed E-state index contributed by atoms with van der Waals surface area (Å²) < 4.78 is 0. The zero-order valence-electron chi connectivity index (χ0n) is 19.1. The maximum Gasteiger partial charge on any atom is 0.0587 e. The smallest absolute Gasteiger partial charge is 0.0587 e. The molecule has 1 aliphatic rings. The van der Waals surface area contributed by atoms with Gasteiger partial charge in [0.05, 0.1) is 16.8 Å². The van der Waals surface area contributed by atoms with Crippen molar-refractivity contribution >= 4 is 23.2 Å². The van der Waals surface area contributed by atoms with Crippen LogP contribution in [-0.2, 0) is 12.8 Å². The number of halogens is 2. The van der Waals surface area contributed by atoms with Gasteiger partial charge in [0.2, 0.25) is 0 Å². The van der Waals surface area contributed by atoms with Crippen molar-refractivity contribution in [2.45, 2.75) is 75.6 Å². The van der Waals surface area contributed by atoms with E-state index >= 15 is 0 Å². The number of nitrogens with zero attached hydrogens (tertiary/aromatic N) is 2. The predicted molar refractivity (Wildman–Crippen MR) is 134 cm³/mol. The Balaban J connectivity index is 0.00000107. The molecule has 1 fully saturated rings. The molecule has 1 aliphatic carbocycles. The van der Waals surface area contributed by atoms with Crippen LogP contribution in [0.4, 0.5) is 0 Å². The molecule has 2 aromatic rings. The average molecular weight is 460 g/mol. The maximum atomic E-state index is 7.32. The Kier molecular flexibility index (Phi) is 11.4. The van der Waals surface area contributed by atoms with Gasteiger partial charge in [0.25, 0.3) is 0 Å². The fourth-order valence-corrected chi connectivity index (χ4v) is 4.84. The van der Waals surface area contributed by atoms with E-state index in [0.717, 1.165) is 25.8 Å². The summed E-state index contributed by atoms with van der Waals surface area (Å²) in [4.78, 5) is 2.65. The van der Waals surface area contributed by atoms with E-state index in [4.69, 9.17) is 28.5 Å². The molecule has 0 N–H and O–H groups in total. The van der Waals surface area contributed by atoms with Crippen molar-refractivity contribution in [1.82, 2.24) is 4.90 Å². The molecule has 0 aliphatic heterocycles.